The highest BCUT2D eigenvalue weighted by Gasteiger charge is 2.44. The molecular weight excluding hydrogens is 244 g/mol. The van der Waals surface area contributed by atoms with E-state index in [-0.39, 0.29) is 12.5 Å². The van der Waals surface area contributed by atoms with Gasteiger partial charge in [0.2, 0.25) is 5.91 Å². The lowest BCUT2D eigenvalue weighted by atomic mass is 9.75. The number of rotatable bonds is 3. The molecule has 2 aliphatic rings. The number of nitrogens with zero attached hydrogens (tertiary/aromatic N) is 2. The highest BCUT2D eigenvalue weighted by atomic mass is 16.3. The van der Waals surface area contributed by atoms with Crippen molar-refractivity contribution in [1.29, 1.82) is 0 Å². The first-order valence-electron chi connectivity index (χ1n) is 6.59. The van der Waals surface area contributed by atoms with Crippen molar-refractivity contribution >= 4 is 11.9 Å². The third kappa shape index (κ3) is 1.89. The third-order valence-corrected chi connectivity index (χ3v) is 3.89. The summed E-state index contributed by atoms with van der Waals surface area (Å²) in [7, 11) is 0. The van der Waals surface area contributed by atoms with Gasteiger partial charge in [-0.1, -0.05) is 12.2 Å². The Morgan fingerprint density at radius 1 is 1.32 bits per heavy atom. The first-order chi connectivity index (χ1) is 8.93. The van der Waals surface area contributed by atoms with Crippen molar-refractivity contribution in [2.45, 2.75) is 33.4 Å². The molecule has 0 N–H and O–H groups in total. The molecule has 0 aromatic rings. The van der Waals surface area contributed by atoms with E-state index in [0.29, 0.717) is 6.54 Å². The molecule has 0 aromatic heterocycles. The number of hydrogen-bond acceptors (Lipinski definition) is 3. The zero-order chi connectivity index (χ0) is 14.3. The molecule has 1 aliphatic carbocycles. The fourth-order valence-electron chi connectivity index (χ4n) is 2.89. The molecule has 1 heterocycles. The van der Waals surface area contributed by atoms with Crippen LogP contribution in [0.15, 0.2) is 23.3 Å². The van der Waals surface area contributed by atoms with Crippen molar-refractivity contribution < 1.29 is 14.7 Å². The topological polar surface area (TPSA) is 63.7 Å². The molecule has 5 heteroatoms. The quantitative estimate of drug-likeness (QED) is 0.759. The summed E-state index contributed by atoms with van der Waals surface area (Å²) < 4.78 is 0. The maximum atomic E-state index is 12.4. The highest BCUT2D eigenvalue weighted by Crippen LogP contribution is 2.41. The summed E-state index contributed by atoms with van der Waals surface area (Å²) in [6.45, 7) is 9.88. The van der Waals surface area contributed by atoms with Crippen molar-refractivity contribution in [3.05, 3.63) is 23.3 Å². The molecule has 0 spiro atoms. The minimum Gasteiger partial charge on any atom is -0.835 e. The fourth-order valence-corrected chi connectivity index (χ4v) is 2.89. The Morgan fingerprint density at radius 3 is 2.37 bits per heavy atom. The van der Waals surface area contributed by atoms with Gasteiger partial charge in [-0.05, 0) is 44.6 Å². The molecule has 2 rings (SSSR count). The van der Waals surface area contributed by atoms with E-state index >= 15 is 0 Å². The van der Waals surface area contributed by atoms with Crippen LogP contribution in [-0.2, 0) is 4.79 Å². The fraction of sp³-hybridized carbons (Fsp3) is 0.571. The molecule has 1 fully saturated rings. The van der Waals surface area contributed by atoms with E-state index in [1.165, 1.54) is 4.90 Å². The largest absolute Gasteiger partial charge is 0.835 e. The predicted octanol–water partition coefficient (Wildman–Crippen LogP) is 0.869. The summed E-state index contributed by atoms with van der Waals surface area (Å²) in [5, 5.41) is 12.4. The van der Waals surface area contributed by atoms with Crippen molar-refractivity contribution in [3.63, 3.8) is 0 Å². The summed E-state index contributed by atoms with van der Waals surface area (Å²) in [4.78, 5) is 26.8. The first kappa shape index (κ1) is 13.8. The van der Waals surface area contributed by atoms with Gasteiger partial charge in [0.25, 0.3) is 0 Å². The maximum absolute atomic E-state index is 12.4. The lowest BCUT2D eigenvalue weighted by Gasteiger charge is -2.50. The van der Waals surface area contributed by atoms with Crippen LogP contribution in [0.5, 0.6) is 0 Å². The molecule has 1 aliphatic heterocycles. The molecule has 1 saturated heterocycles. The van der Waals surface area contributed by atoms with Crippen LogP contribution in [-0.4, -0.2) is 41.1 Å². The molecular formula is C14H19N2O3-. The summed E-state index contributed by atoms with van der Waals surface area (Å²) >= 11 is 0. The first-order valence-corrected chi connectivity index (χ1v) is 6.59. The minimum absolute atomic E-state index is 0.288. The molecule has 19 heavy (non-hydrogen) atoms. The Hall–Kier alpha value is -1.62. The Balaban J connectivity index is 2.42. The van der Waals surface area contributed by atoms with E-state index in [4.69, 9.17) is 0 Å². The molecule has 3 amide bonds. The molecule has 0 saturated carbocycles. The Labute approximate surface area is 113 Å². The van der Waals surface area contributed by atoms with Crippen LogP contribution in [0.1, 0.15) is 27.2 Å². The molecule has 2 unspecified atom stereocenters. The molecule has 0 aromatic carbocycles. The van der Waals surface area contributed by atoms with E-state index in [0.717, 1.165) is 28.0 Å². The van der Waals surface area contributed by atoms with E-state index in [1.54, 1.807) is 13.8 Å². The van der Waals surface area contributed by atoms with Crippen LogP contribution < -0.4 is 5.11 Å². The summed E-state index contributed by atoms with van der Waals surface area (Å²) in [5.41, 5.74) is 2.64. The monoisotopic (exact) mass is 263 g/mol. The van der Waals surface area contributed by atoms with E-state index in [1.807, 2.05) is 6.92 Å². The zero-order valence-corrected chi connectivity index (χ0v) is 11.6. The summed E-state index contributed by atoms with van der Waals surface area (Å²) in [6, 6.07) is -0.477. The summed E-state index contributed by atoms with van der Waals surface area (Å²) in [6.07, 6.45) is -0.590. The van der Waals surface area contributed by atoms with Gasteiger partial charge < -0.3 is 10.0 Å². The van der Waals surface area contributed by atoms with Gasteiger partial charge in [0.05, 0.1) is 5.92 Å². The lowest BCUT2D eigenvalue weighted by molar-refractivity contribution is -0.460. The summed E-state index contributed by atoms with van der Waals surface area (Å²) in [5.74, 6) is -1.17. The normalized spacial score (nSPS) is 28.1. The molecule has 104 valence electrons. The van der Waals surface area contributed by atoms with Gasteiger partial charge in [0.1, 0.15) is 0 Å². The average molecular weight is 263 g/mol. The van der Waals surface area contributed by atoms with Gasteiger partial charge in [0, 0.05) is 13.1 Å². The second-order valence-electron chi connectivity index (χ2n) is 4.99. The van der Waals surface area contributed by atoms with Gasteiger partial charge in [-0.25, -0.2) is 4.79 Å². The Morgan fingerprint density at radius 2 is 1.95 bits per heavy atom. The van der Waals surface area contributed by atoms with Gasteiger partial charge in [-0.15, -0.1) is 0 Å². The second-order valence-corrected chi connectivity index (χ2v) is 4.99. The number of carbonyl (C=O) groups excluding carboxylic acids is 2. The maximum Gasteiger partial charge on any atom is 0.325 e. The number of amides is 3. The minimum atomic E-state index is -1.34. The van der Waals surface area contributed by atoms with Crippen molar-refractivity contribution in [2.75, 3.05) is 13.1 Å². The number of allylic oxidation sites excluding steroid dienone is 2. The molecule has 0 radical (unpaired) electrons. The molecule has 5 nitrogen and oxygen atoms in total. The van der Waals surface area contributed by atoms with Gasteiger partial charge in [-0.2, -0.15) is 0 Å². The van der Waals surface area contributed by atoms with Gasteiger partial charge in [-0.3, -0.25) is 9.69 Å². The molecule has 2 atom stereocenters. The SMILES string of the molecule is C=C1CC(C)=C1C1C(=O)N(CC)C(=O)N(CC)C1[O-]. The standard InChI is InChI=1S/C14H19N2O3/c1-5-15-12(17)11(10-8(3)7-9(10)4)13(18)16(6-2)14(15)19/h11-12H,3,5-7H2,1-2,4H3/q-1. The van der Waals surface area contributed by atoms with Crippen LogP contribution >= 0.6 is 0 Å². The smallest absolute Gasteiger partial charge is 0.325 e. The van der Waals surface area contributed by atoms with E-state index in [2.05, 4.69) is 6.58 Å². The molecule has 0 bridgehead atoms. The Kier molecular flexibility index (Phi) is 3.49. The number of hydrogen-bond donors (Lipinski definition) is 0. The van der Waals surface area contributed by atoms with Crippen molar-refractivity contribution in [1.82, 2.24) is 9.80 Å². The van der Waals surface area contributed by atoms with Crippen LogP contribution in [0.3, 0.4) is 0 Å². The Bertz CT molecular complexity index is 481. The van der Waals surface area contributed by atoms with Gasteiger partial charge >= 0.3 is 6.03 Å². The predicted molar refractivity (Wildman–Crippen MR) is 68.9 cm³/mol. The van der Waals surface area contributed by atoms with E-state index in [9.17, 15) is 14.7 Å². The van der Waals surface area contributed by atoms with Crippen LogP contribution in [0, 0.1) is 5.92 Å². The zero-order valence-electron chi connectivity index (χ0n) is 11.6. The number of imide groups is 1. The van der Waals surface area contributed by atoms with Crippen LogP contribution in [0.4, 0.5) is 4.79 Å². The van der Waals surface area contributed by atoms with Crippen molar-refractivity contribution in [3.8, 4) is 0 Å². The second kappa shape index (κ2) is 4.81. The van der Waals surface area contributed by atoms with Crippen LogP contribution in [0.2, 0.25) is 0 Å². The van der Waals surface area contributed by atoms with Gasteiger partial charge in [0.15, 0.2) is 0 Å². The third-order valence-electron chi connectivity index (χ3n) is 3.89. The van der Waals surface area contributed by atoms with E-state index < -0.39 is 18.2 Å². The average Bonchev–Trinajstić information content (AvgIpc) is 2.35. The van der Waals surface area contributed by atoms with Crippen LogP contribution in [0.25, 0.3) is 0 Å². The highest BCUT2D eigenvalue weighted by molar-refractivity contribution is 6.00. The van der Waals surface area contributed by atoms with Crippen molar-refractivity contribution in [2.24, 2.45) is 5.92 Å². The lowest BCUT2D eigenvalue weighted by Crippen LogP contribution is -2.66. The number of carbonyl (C=O) groups is 2. The number of urea groups is 1.